The summed E-state index contributed by atoms with van der Waals surface area (Å²) in [7, 11) is 0. The zero-order valence-corrected chi connectivity index (χ0v) is 19.0. The van der Waals surface area contributed by atoms with Crippen LogP contribution in [0.2, 0.25) is 0 Å². The molecule has 0 N–H and O–H groups in total. The molecule has 0 aromatic heterocycles. The third-order valence-electron chi connectivity index (χ3n) is 6.39. The molecular formula is C26H51N. The monoisotopic (exact) mass is 377 g/mol. The Bertz CT molecular complexity index is 314. The van der Waals surface area contributed by atoms with Crippen LogP contribution < -0.4 is 0 Å². The molecule has 0 bridgehead atoms. The van der Waals surface area contributed by atoms with Crippen LogP contribution in [0.5, 0.6) is 0 Å². The first-order valence-corrected chi connectivity index (χ1v) is 12.7. The Hall–Kier alpha value is -0.300. The molecule has 27 heavy (non-hydrogen) atoms. The van der Waals surface area contributed by atoms with Crippen LogP contribution in [0.25, 0.3) is 0 Å². The summed E-state index contributed by atoms with van der Waals surface area (Å²) in [4.78, 5) is 2.72. The highest BCUT2D eigenvalue weighted by Crippen LogP contribution is 2.22. The zero-order valence-electron chi connectivity index (χ0n) is 19.0. The Morgan fingerprint density at radius 3 is 1.70 bits per heavy atom. The zero-order chi connectivity index (χ0) is 19.4. The predicted octanol–water partition coefficient (Wildman–Crippen LogP) is 8.54. The SMILES string of the molecule is CCCCCCCC/C=C\CCCCCCCCN1CCC(CCC)CC1. The molecule has 1 nitrogen and oxygen atoms in total. The molecule has 1 aliphatic heterocycles. The second kappa shape index (κ2) is 19.0. The lowest BCUT2D eigenvalue weighted by Gasteiger charge is -2.31. The molecule has 0 spiro atoms. The van der Waals surface area contributed by atoms with E-state index in [1.54, 1.807) is 0 Å². The molecule has 0 unspecified atom stereocenters. The maximum atomic E-state index is 2.72. The highest BCUT2D eigenvalue weighted by molar-refractivity contribution is 4.81. The molecule has 0 amide bonds. The molecule has 0 saturated carbocycles. The molecule has 0 radical (unpaired) electrons. The van der Waals surface area contributed by atoms with E-state index < -0.39 is 0 Å². The fourth-order valence-corrected chi connectivity index (χ4v) is 4.49. The van der Waals surface area contributed by atoms with E-state index in [4.69, 9.17) is 0 Å². The first kappa shape index (κ1) is 24.7. The summed E-state index contributed by atoms with van der Waals surface area (Å²) in [5.74, 6) is 1.03. The van der Waals surface area contributed by atoms with Crippen molar-refractivity contribution in [2.24, 2.45) is 5.92 Å². The van der Waals surface area contributed by atoms with E-state index in [0.29, 0.717) is 0 Å². The van der Waals surface area contributed by atoms with Crippen molar-refractivity contribution in [2.75, 3.05) is 19.6 Å². The van der Waals surface area contributed by atoms with Gasteiger partial charge in [-0.05, 0) is 70.5 Å². The highest BCUT2D eigenvalue weighted by Gasteiger charge is 2.17. The molecule has 1 heterocycles. The van der Waals surface area contributed by atoms with Crippen LogP contribution in [0.15, 0.2) is 12.2 Å². The van der Waals surface area contributed by atoms with Crippen molar-refractivity contribution in [3.8, 4) is 0 Å². The second-order valence-corrected chi connectivity index (χ2v) is 9.01. The van der Waals surface area contributed by atoms with Gasteiger partial charge in [0.2, 0.25) is 0 Å². The third-order valence-corrected chi connectivity index (χ3v) is 6.39. The molecule has 0 aliphatic carbocycles. The fourth-order valence-electron chi connectivity index (χ4n) is 4.49. The van der Waals surface area contributed by atoms with Crippen LogP contribution >= 0.6 is 0 Å². The Morgan fingerprint density at radius 1 is 0.630 bits per heavy atom. The minimum Gasteiger partial charge on any atom is -0.303 e. The van der Waals surface area contributed by atoms with Crippen LogP contribution in [-0.2, 0) is 0 Å². The van der Waals surface area contributed by atoms with Gasteiger partial charge in [-0.1, -0.05) is 96.6 Å². The lowest BCUT2D eigenvalue weighted by molar-refractivity contribution is 0.175. The largest absolute Gasteiger partial charge is 0.303 e. The number of nitrogens with zero attached hydrogens (tertiary/aromatic N) is 1. The van der Waals surface area contributed by atoms with E-state index in [-0.39, 0.29) is 0 Å². The molecule has 1 saturated heterocycles. The number of allylic oxidation sites excluding steroid dienone is 2. The number of unbranched alkanes of at least 4 members (excludes halogenated alkanes) is 12. The summed E-state index contributed by atoms with van der Waals surface area (Å²) in [6.07, 6.45) is 30.3. The van der Waals surface area contributed by atoms with Gasteiger partial charge in [-0.15, -0.1) is 0 Å². The van der Waals surface area contributed by atoms with Gasteiger partial charge in [-0.2, -0.15) is 0 Å². The molecule has 0 aromatic rings. The average molecular weight is 378 g/mol. The van der Waals surface area contributed by atoms with Crippen LogP contribution in [0, 0.1) is 5.92 Å². The Morgan fingerprint density at radius 2 is 1.15 bits per heavy atom. The highest BCUT2D eigenvalue weighted by atomic mass is 15.1. The topological polar surface area (TPSA) is 3.24 Å². The maximum Gasteiger partial charge on any atom is -0.00161 e. The minimum atomic E-state index is 1.03. The third kappa shape index (κ3) is 15.3. The van der Waals surface area contributed by atoms with Crippen molar-refractivity contribution in [1.29, 1.82) is 0 Å². The maximum absolute atomic E-state index is 2.72. The van der Waals surface area contributed by atoms with Crippen molar-refractivity contribution in [1.82, 2.24) is 4.90 Å². The van der Waals surface area contributed by atoms with Gasteiger partial charge in [-0.25, -0.2) is 0 Å². The second-order valence-electron chi connectivity index (χ2n) is 9.01. The van der Waals surface area contributed by atoms with Gasteiger partial charge < -0.3 is 4.90 Å². The van der Waals surface area contributed by atoms with Crippen LogP contribution in [0.3, 0.4) is 0 Å². The van der Waals surface area contributed by atoms with Gasteiger partial charge in [-0.3, -0.25) is 0 Å². The summed E-state index contributed by atoms with van der Waals surface area (Å²) in [5, 5.41) is 0. The average Bonchev–Trinajstić information content (AvgIpc) is 2.69. The van der Waals surface area contributed by atoms with Gasteiger partial charge in [0.15, 0.2) is 0 Å². The molecular weight excluding hydrogens is 326 g/mol. The fraction of sp³-hybridized carbons (Fsp3) is 0.923. The minimum absolute atomic E-state index is 1.03. The van der Waals surface area contributed by atoms with Crippen molar-refractivity contribution in [3.05, 3.63) is 12.2 Å². The van der Waals surface area contributed by atoms with Gasteiger partial charge in [0.05, 0.1) is 0 Å². The van der Waals surface area contributed by atoms with Gasteiger partial charge in [0.25, 0.3) is 0 Å². The molecule has 1 heteroatoms. The number of hydrogen-bond donors (Lipinski definition) is 0. The molecule has 1 aliphatic rings. The van der Waals surface area contributed by atoms with E-state index in [1.165, 1.54) is 135 Å². The van der Waals surface area contributed by atoms with Gasteiger partial charge in [0, 0.05) is 0 Å². The van der Waals surface area contributed by atoms with Crippen molar-refractivity contribution < 1.29 is 0 Å². The molecule has 160 valence electrons. The molecule has 0 aromatic carbocycles. The molecule has 1 rings (SSSR count). The van der Waals surface area contributed by atoms with Gasteiger partial charge >= 0.3 is 0 Å². The van der Waals surface area contributed by atoms with Crippen molar-refractivity contribution in [3.63, 3.8) is 0 Å². The number of likely N-dealkylation sites (tertiary alicyclic amines) is 1. The van der Waals surface area contributed by atoms with Crippen LogP contribution in [0.1, 0.15) is 129 Å². The summed E-state index contributed by atoms with van der Waals surface area (Å²) >= 11 is 0. The van der Waals surface area contributed by atoms with Gasteiger partial charge in [0.1, 0.15) is 0 Å². The summed E-state index contributed by atoms with van der Waals surface area (Å²) in [6, 6.07) is 0. The Kier molecular flexibility index (Phi) is 17.4. The van der Waals surface area contributed by atoms with Crippen LogP contribution in [-0.4, -0.2) is 24.5 Å². The number of hydrogen-bond acceptors (Lipinski definition) is 1. The lowest BCUT2D eigenvalue weighted by atomic mass is 9.92. The number of rotatable bonds is 18. The molecule has 0 atom stereocenters. The standard InChI is InChI=1S/C26H51N/c1-3-5-6-7-8-9-10-11-12-13-14-15-16-17-18-19-23-27-24-21-26(20-4-2)22-25-27/h11-12,26H,3-10,13-25H2,1-2H3/b12-11-. The smallest absolute Gasteiger partial charge is 0.00161 e. The van der Waals surface area contributed by atoms with Crippen molar-refractivity contribution >= 4 is 0 Å². The van der Waals surface area contributed by atoms with E-state index >= 15 is 0 Å². The van der Waals surface area contributed by atoms with E-state index in [1.807, 2.05) is 0 Å². The summed E-state index contributed by atoms with van der Waals surface area (Å²) in [5.41, 5.74) is 0. The van der Waals surface area contributed by atoms with Crippen molar-refractivity contribution in [2.45, 2.75) is 129 Å². The Balaban J connectivity index is 1.76. The quantitative estimate of drug-likeness (QED) is 0.171. The summed E-state index contributed by atoms with van der Waals surface area (Å²) in [6.45, 7) is 8.73. The van der Waals surface area contributed by atoms with E-state index in [9.17, 15) is 0 Å². The van der Waals surface area contributed by atoms with E-state index in [2.05, 4.69) is 30.9 Å². The predicted molar refractivity (Wildman–Crippen MR) is 124 cm³/mol. The van der Waals surface area contributed by atoms with Crippen LogP contribution in [0.4, 0.5) is 0 Å². The first-order chi connectivity index (χ1) is 13.4. The Labute approximate surface area is 172 Å². The lowest BCUT2D eigenvalue weighted by Crippen LogP contribution is -2.34. The summed E-state index contributed by atoms with van der Waals surface area (Å²) < 4.78 is 0. The molecule has 1 fully saturated rings. The number of piperidine rings is 1. The first-order valence-electron chi connectivity index (χ1n) is 12.7. The normalized spacial score (nSPS) is 16.5. The van der Waals surface area contributed by atoms with E-state index in [0.717, 1.165) is 5.92 Å².